The number of rotatable bonds is 4. The maximum Gasteiger partial charge on any atom is 0.344 e. The van der Waals surface area contributed by atoms with Gasteiger partial charge in [-0.2, -0.15) is 5.01 Å². The van der Waals surface area contributed by atoms with Crippen molar-refractivity contribution in [1.82, 2.24) is 21.1 Å². The second kappa shape index (κ2) is 7.13. The smallest absolute Gasteiger partial charge is 0.334 e. The monoisotopic (exact) mass is 344 g/mol. The molecule has 0 bridgehead atoms. The van der Waals surface area contributed by atoms with Gasteiger partial charge in [0, 0.05) is 6.04 Å². The summed E-state index contributed by atoms with van der Waals surface area (Å²) in [5.41, 5.74) is 1.97. The standard InChI is InChI=1S/C18H24N4O3/c1-2-18(13-9-5-3-6-10-13)15(23)22(17(25)20-18)21-16(24)19-14-11-7-4-8-12-14/h3,5-6,9-10,14H,2,4,7-8,11-12H2,1H3,(H,20,25)(H2,19,21,24)/t18-/m0/s1. The normalized spacial score (nSPS) is 24.1. The maximum absolute atomic E-state index is 12.9. The van der Waals surface area contributed by atoms with Crippen LogP contribution in [0.25, 0.3) is 0 Å². The molecule has 1 atom stereocenters. The van der Waals surface area contributed by atoms with Crippen LogP contribution in [0.4, 0.5) is 9.59 Å². The van der Waals surface area contributed by atoms with Crippen molar-refractivity contribution in [2.24, 2.45) is 0 Å². The molecule has 0 unspecified atom stereocenters. The molecule has 3 N–H and O–H groups in total. The molecule has 134 valence electrons. The van der Waals surface area contributed by atoms with Gasteiger partial charge in [0.1, 0.15) is 5.54 Å². The summed E-state index contributed by atoms with van der Waals surface area (Å²) in [7, 11) is 0. The van der Waals surface area contributed by atoms with Crippen molar-refractivity contribution in [3.05, 3.63) is 35.9 Å². The first-order valence-electron chi connectivity index (χ1n) is 8.86. The summed E-state index contributed by atoms with van der Waals surface area (Å²) < 4.78 is 0. The summed E-state index contributed by atoms with van der Waals surface area (Å²) in [5.74, 6) is -0.468. The Bertz CT molecular complexity index is 658. The molecule has 2 fully saturated rings. The van der Waals surface area contributed by atoms with E-state index < -0.39 is 23.5 Å². The molecule has 5 amide bonds. The first kappa shape index (κ1) is 17.3. The molecule has 1 aliphatic carbocycles. The van der Waals surface area contributed by atoms with Crippen molar-refractivity contribution in [3.63, 3.8) is 0 Å². The number of nitrogens with one attached hydrogen (secondary N) is 3. The Morgan fingerprint density at radius 1 is 1.20 bits per heavy atom. The van der Waals surface area contributed by atoms with E-state index in [1.165, 1.54) is 6.42 Å². The average Bonchev–Trinajstić information content (AvgIpc) is 2.88. The lowest BCUT2D eigenvalue weighted by Crippen LogP contribution is -2.53. The average molecular weight is 344 g/mol. The van der Waals surface area contributed by atoms with Crippen LogP contribution in [-0.2, 0) is 10.3 Å². The van der Waals surface area contributed by atoms with Crippen molar-refractivity contribution in [2.75, 3.05) is 0 Å². The van der Waals surface area contributed by atoms with Crippen molar-refractivity contribution in [3.8, 4) is 0 Å². The lowest BCUT2D eigenvalue weighted by Gasteiger charge is -2.26. The molecule has 1 saturated carbocycles. The molecule has 1 aromatic rings. The van der Waals surface area contributed by atoms with Gasteiger partial charge in [0.2, 0.25) is 0 Å². The van der Waals surface area contributed by atoms with Gasteiger partial charge in [-0.05, 0) is 24.8 Å². The Labute approximate surface area is 147 Å². The number of hydrogen-bond donors (Lipinski definition) is 3. The van der Waals surface area contributed by atoms with Crippen LogP contribution in [0.5, 0.6) is 0 Å². The summed E-state index contributed by atoms with van der Waals surface area (Å²) >= 11 is 0. The van der Waals surface area contributed by atoms with E-state index in [4.69, 9.17) is 0 Å². The summed E-state index contributed by atoms with van der Waals surface area (Å²) in [6.45, 7) is 1.83. The molecule has 1 aromatic carbocycles. The number of benzene rings is 1. The third-order valence-electron chi connectivity index (χ3n) is 5.04. The molecule has 1 heterocycles. The number of carbonyl (C=O) groups is 3. The van der Waals surface area contributed by atoms with E-state index in [1.807, 2.05) is 25.1 Å². The molecule has 7 nitrogen and oxygen atoms in total. The van der Waals surface area contributed by atoms with Gasteiger partial charge >= 0.3 is 12.1 Å². The SMILES string of the molecule is CC[C@@]1(c2ccccc2)NC(=O)N(NC(=O)NC2CCCCC2)C1=O. The second-order valence-corrected chi connectivity index (χ2v) is 6.62. The summed E-state index contributed by atoms with van der Waals surface area (Å²) in [6.07, 6.45) is 5.60. The molecule has 7 heteroatoms. The van der Waals surface area contributed by atoms with E-state index >= 15 is 0 Å². The van der Waals surface area contributed by atoms with Crippen LogP contribution in [0.3, 0.4) is 0 Å². The topological polar surface area (TPSA) is 90.5 Å². The Balaban J connectivity index is 1.71. The summed E-state index contributed by atoms with van der Waals surface area (Å²) in [5, 5.41) is 6.37. The van der Waals surface area contributed by atoms with Gasteiger partial charge in [0.25, 0.3) is 5.91 Å². The minimum absolute atomic E-state index is 0.0968. The fourth-order valence-corrected chi connectivity index (χ4v) is 3.60. The van der Waals surface area contributed by atoms with E-state index in [-0.39, 0.29) is 6.04 Å². The lowest BCUT2D eigenvalue weighted by molar-refractivity contribution is -0.133. The number of carbonyl (C=O) groups excluding carboxylic acids is 3. The van der Waals surface area contributed by atoms with Crippen LogP contribution in [0.1, 0.15) is 51.0 Å². The van der Waals surface area contributed by atoms with Gasteiger partial charge in [-0.1, -0.05) is 56.5 Å². The molecular weight excluding hydrogens is 320 g/mol. The van der Waals surface area contributed by atoms with Crippen LogP contribution in [0, 0.1) is 0 Å². The number of hydrazine groups is 1. The number of urea groups is 2. The first-order valence-corrected chi connectivity index (χ1v) is 8.86. The maximum atomic E-state index is 12.9. The minimum atomic E-state index is -1.14. The lowest BCUT2D eigenvalue weighted by atomic mass is 9.87. The van der Waals surface area contributed by atoms with Gasteiger partial charge in [-0.25, -0.2) is 15.0 Å². The highest BCUT2D eigenvalue weighted by atomic mass is 16.2. The van der Waals surface area contributed by atoms with Crippen LogP contribution in [-0.4, -0.2) is 29.0 Å². The predicted molar refractivity (Wildman–Crippen MR) is 92.3 cm³/mol. The molecule has 0 aromatic heterocycles. The van der Waals surface area contributed by atoms with Crippen molar-refractivity contribution < 1.29 is 14.4 Å². The molecule has 25 heavy (non-hydrogen) atoms. The highest BCUT2D eigenvalue weighted by Crippen LogP contribution is 2.31. The highest BCUT2D eigenvalue weighted by Gasteiger charge is 2.52. The Kier molecular flexibility index (Phi) is 4.92. The molecule has 3 rings (SSSR count). The zero-order valence-corrected chi connectivity index (χ0v) is 14.4. The van der Waals surface area contributed by atoms with Gasteiger partial charge in [-0.15, -0.1) is 0 Å². The molecular formula is C18H24N4O3. The van der Waals surface area contributed by atoms with E-state index in [0.29, 0.717) is 12.0 Å². The number of imide groups is 1. The van der Waals surface area contributed by atoms with Crippen LogP contribution in [0.15, 0.2) is 30.3 Å². The van der Waals surface area contributed by atoms with E-state index in [9.17, 15) is 14.4 Å². The molecule has 0 radical (unpaired) electrons. The van der Waals surface area contributed by atoms with E-state index in [1.54, 1.807) is 12.1 Å². The van der Waals surface area contributed by atoms with Gasteiger partial charge in [0.05, 0.1) is 0 Å². The second-order valence-electron chi connectivity index (χ2n) is 6.62. The van der Waals surface area contributed by atoms with E-state index in [2.05, 4.69) is 16.1 Å². The third-order valence-corrected chi connectivity index (χ3v) is 5.04. The molecule has 1 aliphatic heterocycles. The number of nitrogens with zero attached hydrogens (tertiary/aromatic N) is 1. The summed E-state index contributed by atoms with van der Waals surface area (Å²) in [6, 6.07) is 8.04. The summed E-state index contributed by atoms with van der Waals surface area (Å²) in [4.78, 5) is 37.4. The highest BCUT2D eigenvalue weighted by molar-refractivity contribution is 6.08. The van der Waals surface area contributed by atoms with Gasteiger partial charge in [0.15, 0.2) is 0 Å². The zero-order chi connectivity index (χ0) is 17.9. The quantitative estimate of drug-likeness (QED) is 0.733. The Morgan fingerprint density at radius 3 is 2.52 bits per heavy atom. The first-order chi connectivity index (χ1) is 12.1. The Morgan fingerprint density at radius 2 is 1.88 bits per heavy atom. The van der Waals surface area contributed by atoms with Crippen LogP contribution < -0.4 is 16.1 Å². The predicted octanol–water partition coefficient (Wildman–Crippen LogP) is 2.39. The van der Waals surface area contributed by atoms with E-state index in [0.717, 1.165) is 30.7 Å². The van der Waals surface area contributed by atoms with Crippen molar-refractivity contribution >= 4 is 18.0 Å². The fourth-order valence-electron chi connectivity index (χ4n) is 3.60. The fraction of sp³-hybridized carbons (Fsp3) is 0.500. The number of hydrogen-bond acceptors (Lipinski definition) is 3. The van der Waals surface area contributed by atoms with Crippen LogP contribution in [0.2, 0.25) is 0 Å². The number of amides is 5. The van der Waals surface area contributed by atoms with Gasteiger partial charge < -0.3 is 10.6 Å². The van der Waals surface area contributed by atoms with Gasteiger partial charge in [-0.3, -0.25) is 4.79 Å². The third kappa shape index (κ3) is 3.31. The zero-order valence-electron chi connectivity index (χ0n) is 14.4. The van der Waals surface area contributed by atoms with Crippen molar-refractivity contribution in [2.45, 2.75) is 57.0 Å². The molecule has 1 saturated heterocycles. The van der Waals surface area contributed by atoms with Crippen LogP contribution >= 0.6 is 0 Å². The Hall–Kier alpha value is -2.57. The molecule has 0 spiro atoms. The minimum Gasteiger partial charge on any atom is -0.334 e. The molecule has 2 aliphatic rings. The largest absolute Gasteiger partial charge is 0.344 e. The van der Waals surface area contributed by atoms with Crippen molar-refractivity contribution in [1.29, 1.82) is 0 Å².